The van der Waals surface area contributed by atoms with Crippen LogP contribution in [0.3, 0.4) is 0 Å². The molecule has 3 aromatic heterocycles. The van der Waals surface area contributed by atoms with E-state index in [0.29, 0.717) is 54.9 Å². The van der Waals surface area contributed by atoms with Gasteiger partial charge in [0.15, 0.2) is 5.82 Å². The zero-order valence-corrected chi connectivity index (χ0v) is 17.6. The molecular formula is C21H25N7O4. The monoisotopic (exact) mass is 439 g/mol. The number of carbonyl (C=O) groups excluding carboxylic acids is 1. The quantitative estimate of drug-likeness (QED) is 0.455. The Morgan fingerprint density at radius 2 is 1.91 bits per heavy atom. The number of nitrogens with one attached hydrogen (secondary N) is 2. The molecule has 0 bridgehead atoms. The molecule has 0 saturated heterocycles. The summed E-state index contributed by atoms with van der Waals surface area (Å²) in [4.78, 5) is 32.2. The summed E-state index contributed by atoms with van der Waals surface area (Å²) in [5.74, 6) is 0.397. The van der Waals surface area contributed by atoms with Gasteiger partial charge in [-0.15, -0.1) is 0 Å². The van der Waals surface area contributed by atoms with Crippen LogP contribution in [0.15, 0.2) is 30.7 Å². The predicted molar refractivity (Wildman–Crippen MR) is 116 cm³/mol. The molecule has 0 unspecified atom stereocenters. The topological polar surface area (TPSA) is 157 Å². The molecule has 3 aromatic rings. The van der Waals surface area contributed by atoms with E-state index >= 15 is 0 Å². The number of carbonyl (C=O) groups is 2. The molecule has 2 amide bonds. The average molecular weight is 439 g/mol. The first-order chi connectivity index (χ1) is 15.5. The lowest BCUT2D eigenvalue weighted by molar-refractivity contribution is 0.0925. The van der Waals surface area contributed by atoms with Gasteiger partial charge < -0.3 is 26.2 Å². The number of amides is 2. The van der Waals surface area contributed by atoms with E-state index in [9.17, 15) is 9.59 Å². The number of ether oxygens (including phenoxy) is 1. The smallest absolute Gasteiger partial charge is 0.404 e. The number of fused-ring (bicyclic) bond motifs is 1. The van der Waals surface area contributed by atoms with E-state index in [1.165, 1.54) is 6.33 Å². The lowest BCUT2D eigenvalue weighted by Gasteiger charge is -2.28. The maximum atomic E-state index is 13.2. The van der Waals surface area contributed by atoms with Gasteiger partial charge in [-0.2, -0.15) is 5.10 Å². The van der Waals surface area contributed by atoms with Crippen LogP contribution in [-0.4, -0.2) is 55.4 Å². The Labute approximate surface area is 184 Å². The fourth-order valence-electron chi connectivity index (χ4n) is 4.06. The van der Waals surface area contributed by atoms with Crippen molar-refractivity contribution in [2.45, 2.75) is 44.7 Å². The van der Waals surface area contributed by atoms with E-state index in [0.717, 1.165) is 5.56 Å². The van der Waals surface area contributed by atoms with Crippen molar-refractivity contribution in [3.8, 4) is 17.1 Å². The fraction of sp³-hybridized carbons (Fsp3) is 0.381. The second-order valence-corrected chi connectivity index (χ2v) is 7.64. The van der Waals surface area contributed by atoms with Gasteiger partial charge in [-0.05, 0) is 44.7 Å². The number of aromatic nitrogens is 4. The van der Waals surface area contributed by atoms with E-state index in [2.05, 4.69) is 25.7 Å². The maximum Gasteiger partial charge on any atom is 0.404 e. The van der Waals surface area contributed by atoms with Gasteiger partial charge in [-0.1, -0.05) is 0 Å². The van der Waals surface area contributed by atoms with Crippen molar-refractivity contribution in [1.82, 2.24) is 30.2 Å². The summed E-state index contributed by atoms with van der Waals surface area (Å²) in [7, 11) is 0. The van der Waals surface area contributed by atoms with E-state index in [1.54, 1.807) is 28.9 Å². The Bertz CT molecular complexity index is 1140. The number of carboxylic acid groups (broad SMARTS) is 1. The first kappa shape index (κ1) is 21.3. The molecule has 11 nitrogen and oxygen atoms in total. The van der Waals surface area contributed by atoms with Crippen LogP contribution in [0, 0.1) is 0 Å². The standard InChI is InChI=1S/C21H25N7O4/c1-2-32-17-9-12(7-8-23-17)16-10-15(18-19(22)24-11-25-28(16)18)20(29)26-13-3-5-14(6-4-13)27-21(30)31/h7-11,13-14,27H,2-6H2,1H3,(H,26,29)(H,30,31)(H2,22,24,25). The number of anilines is 1. The summed E-state index contributed by atoms with van der Waals surface area (Å²) >= 11 is 0. The van der Waals surface area contributed by atoms with Gasteiger partial charge in [0.2, 0.25) is 5.88 Å². The third-order valence-corrected chi connectivity index (χ3v) is 5.54. The van der Waals surface area contributed by atoms with E-state index in [1.807, 2.05) is 6.92 Å². The molecule has 32 heavy (non-hydrogen) atoms. The molecule has 1 saturated carbocycles. The Hall–Kier alpha value is -3.89. The van der Waals surface area contributed by atoms with Crippen molar-refractivity contribution in [2.75, 3.05) is 12.3 Å². The van der Waals surface area contributed by atoms with Crippen molar-refractivity contribution in [1.29, 1.82) is 0 Å². The van der Waals surface area contributed by atoms with Crippen molar-refractivity contribution in [3.63, 3.8) is 0 Å². The van der Waals surface area contributed by atoms with Gasteiger partial charge >= 0.3 is 6.09 Å². The molecule has 1 aliphatic carbocycles. The molecule has 1 aliphatic rings. The molecule has 11 heteroatoms. The highest BCUT2D eigenvalue weighted by molar-refractivity contribution is 6.05. The van der Waals surface area contributed by atoms with Gasteiger partial charge in [0.05, 0.1) is 17.9 Å². The zero-order chi connectivity index (χ0) is 22.7. The summed E-state index contributed by atoms with van der Waals surface area (Å²) < 4.78 is 7.09. The van der Waals surface area contributed by atoms with Crippen molar-refractivity contribution in [3.05, 3.63) is 36.3 Å². The summed E-state index contributed by atoms with van der Waals surface area (Å²) in [6, 6.07) is 5.18. The second kappa shape index (κ2) is 9.08. The van der Waals surface area contributed by atoms with Crippen LogP contribution >= 0.6 is 0 Å². The van der Waals surface area contributed by atoms with Gasteiger partial charge in [0, 0.05) is 29.9 Å². The molecule has 0 aromatic carbocycles. The SMILES string of the molecule is CCOc1cc(-c2cc(C(=O)NC3CCC(NC(=O)O)CC3)c3c(N)ncnn23)ccn1. The normalized spacial score (nSPS) is 18.3. The molecule has 5 N–H and O–H groups in total. The Morgan fingerprint density at radius 3 is 2.59 bits per heavy atom. The van der Waals surface area contributed by atoms with Crippen LogP contribution in [0.4, 0.5) is 10.6 Å². The van der Waals surface area contributed by atoms with Crippen LogP contribution in [0.2, 0.25) is 0 Å². The Balaban J connectivity index is 1.60. The molecular weight excluding hydrogens is 414 g/mol. The van der Waals surface area contributed by atoms with Crippen LogP contribution in [0.5, 0.6) is 5.88 Å². The summed E-state index contributed by atoms with van der Waals surface area (Å²) in [5.41, 5.74) is 8.35. The second-order valence-electron chi connectivity index (χ2n) is 7.64. The Morgan fingerprint density at radius 1 is 1.19 bits per heavy atom. The van der Waals surface area contributed by atoms with Gasteiger partial charge in [0.1, 0.15) is 11.8 Å². The summed E-state index contributed by atoms with van der Waals surface area (Å²) in [5, 5.41) is 18.7. The van der Waals surface area contributed by atoms with Crippen LogP contribution < -0.4 is 21.1 Å². The molecule has 3 heterocycles. The minimum atomic E-state index is -1.02. The minimum absolute atomic E-state index is 0.0518. The number of nitrogen functional groups attached to an aromatic ring is 1. The molecule has 0 aliphatic heterocycles. The minimum Gasteiger partial charge on any atom is -0.478 e. The highest BCUT2D eigenvalue weighted by atomic mass is 16.5. The third kappa shape index (κ3) is 4.41. The lowest BCUT2D eigenvalue weighted by atomic mass is 9.91. The number of rotatable bonds is 6. The summed E-state index contributed by atoms with van der Waals surface area (Å²) in [6.07, 6.45) is 4.66. The van der Waals surface area contributed by atoms with Gasteiger partial charge in [0.25, 0.3) is 5.91 Å². The summed E-state index contributed by atoms with van der Waals surface area (Å²) in [6.45, 7) is 2.36. The molecule has 168 valence electrons. The molecule has 4 rings (SSSR count). The van der Waals surface area contributed by atoms with Crippen molar-refractivity contribution < 1.29 is 19.4 Å². The van der Waals surface area contributed by atoms with Gasteiger partial charge in [-0.3, -0.25) is 4.79 Å². The number of nitrogens with two attached hydrogens (primary N) is 1. The lowest BCUT2D eigenvalue weighted by Crippen LogP contribution is -2.43. The number of hydrogen-bond acceptors (Lipinski definition) is 7. The Kier molecular flexibility index (Phi) is 6.06. The van der Waals surface area contributed by atoms with Crippen LogP contribution in [-0.2, 0) is 0 Å². The maximum absolute atomic E-state index is 13.2. The molecule has 0 radical (unpaired) electrons. The first-order valence-electron chi connectivity index (χ1n) is 10.5. The average Bonchev–Trinajstić information content (AvgIpc) is 3.16. The number of pyridine rings is 1. The first-order valence-corrected chi connectivity index (χ1v) is 10.5. The third-order valence-electron chi connectivity index (χ3n) is 5.54. The molecule has 0 spiro atoms. The van der Waals surface area contributed by atoms with Gasteiger partial charge in [-0.25, -0.2) is 19.3 Å². The van der Waals surface area contributed by atoms with E-state index in [-0.39, 0.29) is 23.8 Å². The molecule has 1 fully saturated rings. The zero-order valence-electron chi connectivity index (χ0n) is 17.6. The fourth-order valence-corrected chi connectivity index (χ4v) is 4.06. The van der Waals surface area contributed by atoms with Crippen molar-refractivity contribution in [2.24, 2.45) is 0 Å². The highest BCUT2D eigenvalue weighted by Gasteiger charge is 2.26. The highest BCUT2D eigenvalue weighted by Crippen LogP contribution is 2.29. The van der Waals surface area contributed by atoms with E-state index < -0.39 is 6.09 Å². The van der Waals surface area contributed by atoms with Crippen LogP contribution in [0.25, 0.3) is 16.8 Å². The largest absolute Gasteiger partial charge is 0.478 e. The van der Waals surface area contributed by atoms with E-state index in [4.69, 9.17) is 15.6 Å². The van der Waals surface area contributed by atoms with Crippen LogP contribution in [0.1, 0.15) is 43.0 Å². The predicted octanol–water partition coefficient (Wildman–Crippen LogP) is 2.08. The molecule has 0 atom stereocenters. The number of hydrogen-bond donors (Lipinski definition) is 4. The van der Waals surface area contributed by atoms with Crippen molar-refractivity contribution >= 4 is 23.3 Å². The number of nitrogens with zero attached hydrogens (tertiary/aromatic N) is 4.